The third-order valence-corrected chi connectivity index (χ3v) is 7.26. The first kappa shape index (κ1) is 22.5. The number of halogens is 1. The van der Waals surface area contributed by atoms with Crippen LogP contribution in [0.1, 0.15) is 48.3 Å². The number of aromatic carboxylic acids is 1. The zero-order chi connectivity index (χ0) is 24.4. The van der Waals surface area contributed by atoms with Gasteiger partial charge in [0.15, 0.2) is 0 Å². The summed E-state index contributed by atoms with van der Waals surface area (Å²) in [6, 6.07) is 9.60. The van der Waals surface area contributed by atoms with E-state index in [1.807, 2.05) is 45.0 Å². The summed E-state index contributed by atoms with van der Waals surface area (Å²) in [5.41, 5.74) is 1.04. The first-order valence-electron chi connectivity index (χ1n) is 11.0. The quantitative estimate of drug-likeness (QED) is 0.589. The molecule has 3 heterocycles. The molecule has 1 aromatic heterocycles. The first-order chi connectivity index (χ1) is 16.1. The molecule has 2 aliphatic heterocycles. The van der Waals surface area contributed by atoms with E-state index >= 15 is 4.39 Å². The average molecular weight is 482 g/mol. The molecule has 3 aromatic rings. The number of aromatic nitrogens is 1. The maximum absolute atomic E-state index is 15.5. The van der Waals surface area contributed by atoms with Gasteiger partial charge in [-0.25, -0.2) is 9.18 Å². The largest absolute Gasteiger partial charge is 0.477 e. The van der Waals surface area contributed by atoms with Gasteiger partial charge in [-0.05, 0) is 50.5 Å². The minimum atomic E-state index is -1.32. The number of anilines is 1. The van der Waals surface area contributed by atoms with Crippen LogP contribution in [-0.4, -0.2) is 33.6 Å². The topological polar surface area (TPSA) is 91.6 Å². The molecule has 0 radical (unpaired) electrons. The minimum absolute atomic E-state index is 0.0239. The highest BCUT2D eigenvalue weighted by atomic mass is 32.2. The molecule has 2 N–H and O–H groups in total. The summed E-state index contributed by atoms with van der Waals surface area (Å²) < 4.78 is 17.3. The van der Waals surface area contributed by atoms with E-state index < -0.39 is 28.8 Å². The average Bonchev–Trinajstić information content (AvgIpc) is 2.74. The lowest BCUT2D eigenvalue weighted by atomic mass is 9.90. The molecule has 0 saturated heterocycles. The van der Waals surface area contributed by atoms with Crippen LogP contribution in [0.2, 0.25) is 0 Å². The van der Waals surface area contributed by atoms with Crippen LogP contribution in [0.25, 0.3) is 10.9 Å². The van der Waals surface area contributed by atoms with Crippen LogP contribution in [0.5, 0.6) is 0 Å². The predicted octanol–water partition coefficient (Wildman–Crippen LogP) is 3.92. The summed E-state index contributed by atoms with van der Waals surface area (Å²) in [5.74, 6) is -1.75. The van der Waals surface area contributed by atoms with E-state index in [1.165, 1.54) is 11.8 Å². The van der Waals surface area contributed by atoms with Crippen molar-refractivity contribution in [2.24, 2.45) is 0 Å². The molecule has 7 nitrogen and oxygen atoms in total. The second-order valence-corrected chi connectivity index (χ2v) is 10.6. The molecule has 0 bridgehead atoms. The summed E-state index contributed by atoms with van der Waals surface area (Å²) >= 11 is 1.27. The van der Waals surface area contributed by atoms with Gasteiger partial charge in [0.05, 0.1) is 22.1 Å². The molecule has 2 aliphatic rings. The molecule has 9 heteroatoms. The summed E-state index contributed by atoms with van der Waals surface area (Å²) in [7, 11) is 0. The SMILES string of the molecule is CC(C)(C)NC(=O)C1c2ccccc2CCN1c1cc2c(cc1F)c(=O)c(C(=O)O)c1n2CS1. The maximum Gasteiger partial charge on any atom is 0.342 e. The Bertz CT molecular complexity index is 1430. The van der Waals surface area contributed by atoms with Gasteiger partial charge in [-0.15, -0.1) is 0 Å². The Hall–Kier alpha value is -3.33. The lowest BCUT2D eigenvalue weighted by Crippen LogP contribution is -2.50. The molecule has 0 aliphatic carbocycles. The number of hydrogen-bond donors (Lipinski definition) is 2. The Morgan fingerprint density at radius 2 is 1.94 bits per heavy atom. The van der Waals surface area contributed by atoms with Gasteiger partial charge >= 0.3 is 5.97 Å². The third kappa shape index (κ3) is 3.55. The fourth-order valence-electron chi connectivity index (χ4n) is 4.72. The Kier molecular flexibility index (Phi) is 5.20. The molecule has 2 aromatic carbocycles. The van der Waals surface area contributed by atoms with Gasteiger partial charge in [-0.3, -0.25) is 9.59 Å². The highest BCUT2D eigenvalue weighted by Crippen LogP contribution is 2.40. The number of nitrogens with zero attached hydrogens (tertiary/aromatic N) is 2. The van der Waals surface area contributed by atoms with Crippen molar-refractivity contribution in [2.45, 2.75) is 49.7 Å². The molecule has 5 rings (SSSR count). The van der Waals surface area contributed by atoms with Crippen LogP contribution in [0.4, 0.5) is 10.1 Å². The summed E-state index contributed by atoms with van der Waals surface area (Å²) in [6.07, 6.45) is 0.638. The zero-order valence-corrected chi connectivity index (χ0v) is 19.8. The number of rotatable bonds is 3. The first-order valence-corrected chi connectivity index (χ1v) is 12.0. The number of carboxylic acids is 1. The van der Waals surface area contributed by atoms with Crippen molar-refractivity contribution >= 4 is 40.2 Å². The van der Waals surface area contributed by atoms with Gasteiger partial charge in [0, 0.05) is 17.5 Å². The number of thioether (sulfide) groups is 1. The normalized spacial score (nSPS) is 17.1. The Labute approximate surface area is 199 Å². The number of nitrogens with one attached hydrogen (secondary N) is 1. The number of carboxylic acid groups (broad SMARTS) is 1. The number of carbonyl (C=O) groups is 2. The number of pyridine rings is 1. The highest BCUT2D eigenvalue weighted by Gasteiger charge is 2.36. The van der Waals surface area contributed by atoms with Gasteiger partial charge in [-0.1, -0.05) is 36.0 Å². The fraction of sp³-hybridized carbons (Fsp3) is 0.320. The van der Waals surface area contributed by atoms with Crippen LogP contribution in [0.15, 0.2) is 46.2 Å². The van der Waals surface area contributed by atoms with Crippen molar-refractivity contribution in [3.63, 3.8) is 0 Å². The van der Waals surface area contributed by atoms with Gasteiger partial charge in [0.1, 0.15) is 17.4 Å². The second kappa shape index (κ2) is 7.87. The van der Waals surface area contributed by atoms with Crippen LogP contribution >= 0.6 is 11.8 Å². The standard InChI is InChI=1S/C25H24FN3O4S/c1-25(2,3)27-22(31)20-14-7-5-4-6-13(14)8-9-28(20)18-11-17-15(10-16(18)26)21(30)19(24(32)33)23-29(17)12-34-23/h4-7,10-11,20H,8-9,12H2,1-3H3,(H,27,31)(H,32,33). The van der Waals surface area contributed by atoms with E-state index in [4.69, 9.17) is 0 Å². The van der Waals surface area contributed by atoms with E-state index in [2.05, 4.69) is 5.32 Å². The van der Waals surface area contributed by atoms with Crippen LogP contribution in [0.3, 0.4) is 0 Å². The molecular formula is C25H24FN3O4S. The highest BCUT2D eigenvalue weighted by molar-refractivity contribution is 7.99. The van der Waals surface area contributed by atoms with E-state index in [0.29, 0.717) is 29.4 Å². The second-order valence-electron chi connectivity index (χ2n) is 9.62. The Balaban J connectivity index is 1.69. The minimum Gasteiger partial charge on any atom is -0.477 e. The van der Waals surface area contributed by atoms with Crippen LogP contribution in [-0.2, 0) is 17.1 Å². The zero-order valence-electron chi connectivity index (χ0n) is 19.0. The summed E-state index contributed by atoms with van der Waals surface area (Å²) in [4.78, 5) is 39.7. The van der Waals surface area contributed by atoms with Crippen LogP contribution in [0, 0.1) is 5.82 Å². The molecule has 1 atom stereocenters. The van der Waals surface area contributed by atoms with Crippen LogP contribution < -0.4 is 15.6 Å². The Morgan fingerprint density at radius 1 is 1.21 bits per heavy atom. The van der Waals surface area contributed by atoms with E-state index in [9.17, 15) is 19.5 Å². The lowest BCUT2D eigenvalue weighted by Gasteiger charge is -2.39. The predicted molar refractivity (Wildman–Crippen MR) is 129 cm³/mol. The molecule has 1 unspecified atom stereocenters. The van der Waals surface area contributed by atoms with Crippen molar-refractivity contribution < 1.29 is 19.1 Å². The number of amides is 1. The fourth-order valence-corrected chi connectivity index (χ4v) is 5.67. The van der Waals surface area contributed by atoms with Gasteiger partial charge < -0.3 is 19.9 Å². The Morgan fingerprint density at radius 3 is 2.59 bits per heavy atom. The number of fused-ring (bicyclic) bond motifs is 4. The smallest absolute Gasteiger partial charge is 0.342 e. The third-order valence-electron chi connectivity index (χ3n) is 6.17. The molecule has 34 heavy (non-hydrogen) atoms. The van der Waals surface area contributed by atoms with Crippen molar-refractivity contribution in [1.29, 1.82) is 0 Å². The summed E-state index contributed by atoms with van der Waals surface area (Å²) in [6.45, 7) is 6.10. The van der Waals surface area contributed by atoms with Crippen molar-refractivity contribution in [3.8, 4) is 0 Å². The lowest BCUT2D eigenvalue weighted by molar-refractivity contribution is -0.124. The molecule has 176 valence electrons. The van der Waals surface area contributed by atoms with E-state index in [1.54, 1.807) is 15.5 Å². The van der Waals surface area contributed by atoms with Crippen molar-refractivity contribution in [3.05, 3.63) is 69.1 Å². The molecular weight excluding hydrogens is 457 g/mol. The van der Waals surface area contributed by atoms with Crippen molar-refractivity contribution in [2.75, 3.05) is 11.4 Å². The molecule has 0 fully saturated rings. The number of hydrogen-bond acceptors (Lipinski definition) is 5. The monoisotopic (exact) mass is 481 g/mol. The summed E-state index contributed by atoms with van der Waals surface area (Å²) in [5, 5.41) is 12.9. The van der Waals surface area contributed by atoms with Crippen molar-refractivity contribution in [1.82, 2.24) is 9.88 Å². The number of benzene rings is 2. The van der Waals surface area contributed by atoms with Gasteiger partial charge in [0.25, 0.3) is 0 Å². The number of carbonyl (C=O) groups excluding carboxylic acids is 1. The van der Waals surface area contributed by atoms with Gasteiger partial charge in [-0.2, -0.15) is 0 Å². The van der Waals surface area contributed by atoms with Gasteiger partial charge in [0.2, 0.25) is 11.3 Å². The molecule has 0 saturated carbocycles. The molecule has 1 amide bonds. The van der Waals surface area contributed by atoms with E-state index in [0.717, 1.165) is 17.2 Å². The van der Waals surface area contributed by atoms with E-state index in [-0.39, 0.29) is 22.5 Å². The molecule has 0 spiro atoms. The maximum atomic E-state index is 15.5.